The number of furan rings is 1. The molecule has 2 rings (SSSR count). The number of hydrogen-bond acceptors (Lipinski definition) is 2. The zero-order chi connectivity index (χ0) is 10.7. The molecule has 1 fully saturated rings. The second-order valence-corrected chi connectivity index (χ2v) is 5.36. The van der Waals surface area contributed by atoms with E-state index in [4.69, 9.17) is 4.42 Å². The van der Waals surface area contributed by atoms with E-state index in [1.807, 2.05) is 6.07 Å². The second-order valence-electron chi connectivity index (χ2n) is 4.50. The molecule has 1 aromatic heterocycles. The molecule has 15 heavy (non-hydrogen) atoms. The van der Waals surface area contributed by atoms with Crippen LogP contribution < -0.4 is 5.32 Å². The standard InChI is InChI=1S/C12H18BrNO/c1-2-12(5-3-6-12)9-14-8-11-10(13)4-7-15-11/h4,7,14H,2-3,5-6,8-9H2,1H3. The van der Waals surface area contributed by atoms with Gasteiger partial charge in [-0.3, -0.25) is 0 Å². The highest BCUT2D eigenvalue weighted by atomic mass is 79.9. The lowest BCUT2D eigenvalue weighted by atomic mass is 9.67. The lowest BCUT2D eigenvalue weighted by Gasteiger charge is -2.41. The zero-order valence-electron chi connectivity index (χ0n) is 9.18. The predicted octanol–water partition coefficient (Wildman–Crippen LogP) is 3.71. The number of rotatable bonds is 5. The monoisotopic (exact) mass is 271 g/mol. The van der Waals surface area contributed by atoms with Crippen LogP contribution in [0, 0.1) is 5.41 Å². The molecule has 0 radical (unpaired) electrons. The van der Waals surface area contributed by atoms with Crippen molar-refractivity contribution in [2.45, 2.75) is 39.2 Å². The van der Waals surface area contributed by atoms with Gasteiger partial charge in [-0.25, -0.2) is 0 Å². The summed E-state index contributed by atoms with van der Waals surface area (Å²) in [6, 6.07) is 1.94. The Morgan fingerprint density at radius 2 is 2.33 bits per heavy atom. The van der Waals surface area contributed by atoms with Gasteiger partial charge < -0.3 is 9.73 Å². The molecule has 3 heteroatoms. The fraction of sp³-hybridized carbons (Fsp3) is 0.667. The molecule has 1 aromatic rings. The molecule has 0 spiro atoms. The van der Waals surface area contributed by atoms with Crippen molar-refractivity contribution >= 4 is 15.9 Å². The van der Waals surface area contributed by atoms with E-state index in [2.05, 4.69) is 28.2 Å². The van der Waals surface area contributed by atoms with Crippen LogP contribution in [0.1, 0.15) is 38.4 Å². The van der Waals surface area contributed by atoms with Crippen LogP contribution in [-0.4, -0.2) is 6.54 Å². The van der Waals surface area contributed by atoms with Crippen molar-refractivity contribution in [1.82, 2.24) is 5.32 Å². The van der Waals surface area contributed by atoms with Gasteiger partial charge in [-0.2, -0.15) is 0 Å². The Kier molecular flexibility index (Phi) is 3.52. The van der Waals surface area contributed by atoms with Crippen LogP contribution >= 0.6 is 15.9 Å². The highest BCUT2D eigenvalue weighted by molar-refractivity contribution is 9.10. The number of halogens is 1. The Hall–Kier alpha value is -0.280. The molecule has 84 valence electrons. The van der Waals surface area contributed by atoms with E-state index in [1.54, 1.807) is 6.26 Å². The van der Waals surface area contributed by atoms with Gasteiger partial charge in [0.15, 0.2) is 0 Å². The van der Waals surface area contributed by atoms with Gasteiger partial charge in [0.25, 0.3) is 0 Å². The molecular weight excluding hydrogens is 254 g/mol. The van der Waals surface area contributed by atoms with Gasteiger partial charge in [-0.05, 0) is 46.7 Å². The van der Waals surface area contributed by atoms with E-state index >= 15 is 0 Å². The average Bonchev–Trinajstić information content (AvgIpc) is 2.57. The maximum absolute atomic E-state index is 5.35. The van der Waals surface area contributed by atoms with Crippen molar-refractivity contribution in [3.8, 4) is 0 Å². The molecule has 0 aliphatic heterocycles. The topological polar surface area (TPSA) is 25.2 Å². The highest BCUT2D eigenvalue weighted by Gasteiger charge is 2.34. The summed E-state index contributed by atoms with van der Waals surface area (Å²) >= 11 is 3.46. The van der Waals surface area contributed by atoms with Gasteiger partial charge >= 0.3 is 0 Å². The first-order chi connectivity index (χ1) is 7.26. The largest absolute Gasteiger partial charge is 0.467 e. The van der Waals surface area contributed by atoms with E-state index in [1.165, 1.54) is 25.7 Å². The maximum Gasteiger partial charge on any atom is 0.131 e. The summed E-state index contributed by atoms with van der Waals surface area (Å²) < 4.78 is 6.42. The van der Waals surface area contributed by atoms with Crippen molar-refractivity contribution in [2.24, 2.45) is 5.41 Å². The summed E-state index contributed by atoms with van der Waals surface area (Å²) in [5.74, 6) is 1.00. The minimum Gasteiger partial charge on any atom is -0.467 e. The molecule has 1 N–H and O–H groups in total. The third kappa shape index (κ3) is 2.45. The van der Waals surface area contributed by atoms with Crippen molar-refractivity contribution in [3.63, 3.8) is 0 Å². The van der Waals surface area contributed by atoms with Crippen LogP contribution in [0.15, 0.2) is 21.2 Å². The van der Waals surface area contributed by atoms with Crippen molar-refractivity contribution in [2.75, 3.05) is 6.54 Å². The van der Waals surface area contributed by atoms with E-state index in [-0.39, 0.29) is 0 Å². The minimum atomic E-state index is 0.582. The second kappa shape index (κ2) is 4.71. The molecular formula is C12H18BrNO. The normalized spacial score (nSPS) is 18.8. The minimum absolute atomic E-state index is 0.582. The third-order valence-electron chi connectivity index (χ3n) is 3.64. The van der Waals surface area contributed by atoms with E-state index < -0.39 is 0 Å². The molecule has 1 heterocycles. The first-order valence-electron chi connectivity index (χ1n) is 5.68. The molecule has 0 amide bonds. The van der Waals surface area contributed by atoms with Crippen LogP contribution in [0.2, 0.25) is 0 Å². The molecule has 0 saturated heterocycles. The fourth-order valence-electron chi connectivity index (χ4n) is 2.22. The average molecular weight is 272 g/mol. The molecule has 1 aliphatic rings. The van der Waals surface area contributed by atoms with Gasteiger partial charge in [0, 0.05) is 6.54 Å². The molecule has 0 atom stereocenters. The molecule has 0 aromatic carbocycles. The Balaban J connectivity index is 1.77. The predicted molar refractivity (Wildman–Crippen MR) is 64.7 cm³/mol. The third-order valence-corrected chi connectivity index (χ3v) is 4.35. The Morgan fingerprint density at radius 3 is 2.80 bits per heavy atom. The lowest BCUT2D eigenvalue weighted by Crippen LogP contribution is -2.39. The summed E-state index contributed by atoms with van der Waals surface area (Å²) in [4.78, 5) is 0. The molecule has 0 unspecified atom stereocenters. The SMILES string of the molecule is CCC1(CNCc2occc2Br)CCC1. The maximum atomic E-state index is 5.35. The van der Waals surface area contributed by atoms with Gasteiger partial charge in [0.05, 0.1) is 17.3 Å². The summed E-state index contributed by atoms with van der Waals surface area (Å²) in [6.07, 6.45) is 7.19. The van der Waals surface area contributed by atoms with Gasteiger partial charge in [-0.1, -0.05) is 13.3 Å². The van der Waals surface area contributed by atoms with Crippen LogP contribution in [-0.2, 0) is 6.54 Å². The fourth-order valence-corrected chi connectivity index (χ4v) is 2.57. The summed E-state index contributed by atoms with van der Waals surface area (Å²) in [5, 5.41) is 3.50. The van der Waals surface area contributed by atoms with Crippen molar-refractivity contribution in [1.29, 1.82) is 0 Å². The van der Waals surface area contributed by atoms with Gasteiger partial charge in [-0.15, -0.1) is 0 Å². The molecule has 0 bridgehead atoms. The Labute approximate surface area is 99.6 Å². The zero-order valence-corrected chi connectivity index (χ0v) is 10.8. The molecule has 2 nitrogen and oxygen atoms in total. The first-order valence-corrected chi connectivity index (χ1v) is 6.48. The van der Waals surface area contributed by atoms with Crippen LogP contribution in [0.3, 0.4) is 0 Å². The Morgan fingerprint density at radius 1 is 1.53 bits per heavy atom. The lowest BCUT2D eigenvalue weighted by molar-refractivity contribution is 0.123. The number of hydrogen-bond donors (Lipinski definition) is 1. The van der Waals surface area contributed by atoms with E-state index in [9.17, 15) is 0 Å². The van der Waals surface area contributed by atoms with E-state index in [0.717, 1.165) is 23.3 Å². The quantitative estimate of drug-likeness (QED) is 0.883. The van der Waals surface area contributed by atoms with Crippen LogP contribution in [0.4, 0.5) is 0 Å². The van der Waals surface area contributed by atoms with Crippen molar-refractivity contribution in [3.05, 3.63) is 22.6 Å². The summed E-state index contributed by atoms with van der Waals surface area (Å²) in [5.41, 5.74) is 0.582. The molecule has 1 aliphatic carbocycles. The highest BCUT2D eigenvalue weighted by Crippen LogP contribution is 2.43. The summed E-state index contributed by atoms with van der Waals surface area (Å²) in [7, 11) is 0. The van der Waals surface area contributed by atoms with E-state index in [0.29, 0.717) is 5.41 Å². The molecule has 1 saturated carbocycles. The Bertz CT molecular complexity index is 312. The van der Waals surface area contributed by atoms with Gasteiger partial charge in [0.1, 0.15) is 5.76 Å². The van der Waals surface area contributed by atoms with Crippen LogP contribution in [0.5, 0.6) is 0 Å². The number of nitrogens with one attached hydrogen (secondary N) is 1. The first kappa shape index (κ1) is 11.2. The van der Waals surface area contributed by atoms with Gasteiger partial charge in [0.2, 0.25) is 0 Å². The van der Waals surface area contributed by atoms with Crippen molar-refractivity contribution < 1.29 is 4.42 Å². The smallest absolute Gasteiger partial charge is 0.131 e. The summed E-state index contributed by atoms with van der Waals surface area (Å²) in [6.45, 7) is 4.25. The van der Waals surface area contributed by atoms with Crippen LogP contribution in [0.25, 0.3) is 0 Å².